The Kier molecular flexibility index (Phi) is 7.18. The first-order valence-electron chi connectivity index (χ1n) is 20.1. The number of anilines is 3. The van der Waals surface area contributed by atoms with Crippen LogP contribution in [-0.4, -0.2) is 4.57 Å². The third-order valence-corrected chi connectivity index (χ3v) is 13.7. The predicted molar refractivity (Wildman–Crippen MR) is 249 cm³/mol. The van der Waals surface area contributed by atoms with Crippen LogP contribution in [-0.2, 0) is 5.41 Å². The first kappa shape index (κ1) is 33.2. The Hall–Kier alpha value is -6.94. The lowest BCUT2D eigenvalue weighted by molar-refractivity contribution is 0.660. The van der Waals surface area contributed by atoms with E-state index in [1.807, 2.05) is 11.3 Å². The molecule has 274 valence electrons. The van der Waals surface area contributed by atoms with Gasteiger partial charge in [-0.15, -0.1) is 11.3 Å². The van der Waals surface area contributed by atoms with E-state index < -0.39 is 0 Å². The SMILES string of the molecule is CC1(C)c2ccccc2-c2ccc(N(c3ccc(-c4ccc5c(c4)c4ccccc4n5-c4cccc5ccccc45)cc3)c3ccc4sc5ccccc5c4c3)cc21. The lowest BCUT2D eigenvalue weighted by atomic mass is 9.82. The van der Waals surface area contributed by atoms with Gasteiger partial charge in [-0.1, -0.05) is 135 Å². The summed E-state index contributed by atoms with van der Waals surface area (Å²) in [5.41, 5.74) is 14.8. The Morgan fingerprint density at radius 2 is 1.05 bits per heavy atom. The van der Waals surface area contributed by atoms with Gasteiger partial charge in [0.25, 0.3) is 0 Å². The van der Waals surface area contributed by atoms with E-state index in [0.717, 1.165) is 17.1 Å². The standard InChI is InChI=1S/C55H38N2S/c1-55(2)48-18-8-5-15-42(48)43-29-27-40(34-49(43)55)56(39-28-31-54-47(33-39)45-17-7-10-21-53(45)58-54)38-25-22-35(23-26-38)37-24-30-52-46(32-37)44-16-6-9-19-51(44)57(52)50-20-11-13-36-12-3-4-14-41(36)50/h3-34H,1-2H3. The van der Waals surface area contributed by atoms with Gasteiger partial charge < -0.3 is 9.47 Å². The predicted octanol–water partition coefficient (Wildman–Crippen LogP) is 15.7. The van der Waals surface area contributed by atoms with Crippen LogP contribution in [0.25, 0.3) is 80.7 Å². The van der Waals surface area contributed by atoms with Gasteiger partial charge in [0.15, 0.2) is 0 Å². The van der Waals surface area contributed by atoms with Crippen molar-refractivity contribution < 1.29 is 0 Å². The molecule has 0 N–H and O–H groups in total. The first-order valence-corrected chi connectivity index (χ1v) is 20.9. The summed E-state index contributed by atoms with van der Waals surface area (Å²) in [6, 6.07) is 71.9. The second-order valence-electron chi connectivity index (χ2n) is 16.1. The number of hydrogen-bond donors (Lipinski definition) is 0. The van der Waals surface area contributed by atoms with Gasteiger partial charge in [-0.05, 0) is 112 Å². The summed E-state index contributed by atoms with van der Waals surface area (Å²) in [6.07, 6.45) is 0. The van der Waals surface area contributed by atoms with Crippen LogP contribution in [0.1, 0.15) is 25.0 Å². The fourth-order valence-corrected chi connectivity index (χ4v) is 10.8. The van der Waals surface area contributed by atoms with E-state index in [4.69, 9.17) is 0 Å². The molecule has 0 atom stereocenters. The van der Waals surface area contributed by atoms with Gasteiger partial charge in [0.1, 0.15) is 0 Å². The molecule has 0 radical (unpaired) electrons. The summed E-state index contributed by atoms with van der Waals surface area (Å²) in [5, 5.41) is 7.61. The second-order valence-corrected chi connectivity index (χ2v) is 17.2. The highest BCUT2D eigenvalue weighted by Gasteiger charge is 2.35. The molecule has 12 rings (SSSR count). The summed E-state index contributed by atoms with van der Waals surface area (Å²) in [6.45, 7) is 4.72. The monoisotopic (exact) mass is 758 g/mol. The van der Waals surface area contributed by atoms with Crippen molar-refractivity contribution in [1.82, 2.24) is 4.57 Å². The molecule has 0 fully saturated rings. The molecule has 0 bridgehead atoms. The smallest absolute Gasteiger partial charge is 0.0541 e. The van der Waals surface area contributed by atoms with E-state index in [1.165, 1.54) is 91.8 Å². The molecule has 2 aromatic heterocycles. The minimum Gasteiger partial charge on any atom is -0.310 e. The van der Waals surface area contributed by atoms with Crippen molar-refractivity contribution in [2.75, 3.05) is 4.90 Å². The number of para-hydroxylation sites is 1. The zero-order chi connectivity index (χ0) is 38.5. The van der Waals surface area contributed by atoms with Gasteiger partial charge in [-0.25, -0.2) is 0 Å². The van der Waals surface area contributed by atoms with Crippen LogP contribution in [0, 0.1) is 0 Å². The molecule has 11 aromatic rings. The topological polar surface area (TPSA) is 8.17 Å². The zero-order valence-electron chi connectivity index (χ0n) is 32.3. The van der Waals surface area contributed by atoms with Crippen LogP contribution in [0.2, 0.25) is 0 Å². The van der Waals surface area contributed by atoms with Crippen molar-refractivity contribution in [3.63, 3.8) is 0 Å². The van der Waals surface area contributed by atoms with Crippen molar-refractivity contribution in [3.05, 3.63) is 205 Å². The summed E-state index contributed by atoms with van der Waals surface area (Å²) in [5.74, 6) is 0. The third kappa shape index (κ3) is 4.90. The lowest BCUT2D eigenvalue weighted by Gasteiger charge is -2.28. The van der Waals surface area contributed by atoms with E-state index in [9.17, 15) is 0 Å². The maximum atomic E-state index is 2.44. The van der Waals surface area contributed by atoms with Gasteiger partial charge >= 0.3 is 0 Å². The average Bonchev–Trinajstić information content (AvgIpc) is 3.89. The van der Waals surface area contributed by atoms with Crippen molar-refractivity contribution >= 4 is 81.1 Å². The van der Waals surface area contributed by atoms with Gasteiger partial charge in [0, 0.05) is 58.8 Å². The highest BCUT2D eigenvalue weighted by Crippen LogP contribution is 2.51. The number of rotatable bonds is 5. The zero-order valence-corrected chi connectivity index (χ0v) is 33.1. The summed E-state index contributed by atoms with van der Waals surface area (Å²) < 4.78 is 5.06. The molecule has 2 heterocycles. The van der Waals surface area contributed by atoms with Gasteiger partial charge in [0.2, 0.25) is 0 Å². The largest absolute Gasteiger partial charge is 0.310 e. The maximum absolute atomic E-state index is 2.44. The van der Waals surface area contributed by atoms with Gasteiger partial charge in [0.05, 0.1) is 16.7 Å². The molecule has 0 aliphatic heterocycles. The van der Waals surface area contributed by atoms with Crippen molar-refractivity contribution in [3.8, 4) is 27.9 Å². The normalized spacial score (nSPS) is 13.1. The van der Waals surface area contributed by atoms with E-state index in [1.54, 1.807) is 0 Å². The van der Waals surface area contributed by atoms with Crippen LogP contribution in [0.5, 0.6) is 0 Å². The molecular formula is C55H38N2S. The Morgan fingerprint density at radius 3 is 1.95 bits per heavy atom. The molecule has 0 saturated carbocycles. The van der Waals surface area contributed by atoms with E-state index in [-0.39, 0.29) is 5.41 Å². The van der Waals surface area contributed by atoms with Crippen LogP contribution >= 0.6 is 11.3 Å². The van der Waals surface area contributed by atoms with Gasteiger partial charge in [-0.2, -0.15) is 0 Å². The Morgan fingerprint density at radius 1 is 0.414 bits per heavy atom. The summed E-state index contributed by atoms with van der Waals surface area (Å²) in [4.78, 5) is 2.44. The minimum atomic E-state index is -0.0969. The first-order chi connectivity index (χ1) is 28.5. The fourth-order valence-electron chi connectivity index (χ4n) is 9.75. The molecule has 0 amide bonds. The van der Waals surface area contributed by atoms with Crippen LogP contribution < -0.4 is 4.90 Å². The highest BCUT2D eigenvalue weighted by molar-refractivity contribution is 7.25. The number of nitrogens with zero attached hydrogens (tertiary/aromatic N) is 2. The number of benzene rings is 9. The molecule has 1 aliphatic rings. The van der Waals surface area contributed by atoms with Gasteiger partial charge in [-0.3, -0.25) is 0 Å². The molecule has 0 saturated heterocycles. The summed E-state index contributed by atoms with van der Waals surface area (Å²) >= 11 is 1.86. The molecule has 0 unspecified atom stereocenters. The lowest BCUT2D eigenvalue weighted by Crippen LogP contribution is -2.16. The van der Waals surface area contributed by atoms with E-state index in [0.29, 0.717) is 0 Å². The molecule has 0 spiro atoms. The molecule has 9 aromatic carbocycles. The van der Waals surface area contributed by atoms with Crippen LogP contribution in [0.3, 0.4) is 0 Å². The van der Waals surface area contributed by atoms with Crippen LogP contribution in [0.4, 0.5) is 17.1 Å². The number of thiophene rings is 1. The van der Waals surface area contributed by atoms with Crippen molar-refractivity contribution in [2.24, 2.45) is 0 Å². The molecule has 58 heavy (non-hydrogen) atoms. The Labute approximate surface area is 341 Å². The van der Waals surface area contributed by atoms with Crippen molar-refractivity contribution in [1.29, 1.82) is 0 Å². The number of aromatic nitrogens is 1. The third-order valence-electron chi connectivity index (χ3n) is 12.6. The maximum Gasteiger partial charge on any atom is 0.0541 e. The molecular weight excluding hydrogens is 721 g/mol. The number of fused-ring (bicyclic) bond motifs is 10. The minimum absolute atomic E-state index is 0.0969. The fraction of sp³-hybridized carbons (Fsp3) is 0.0545. The molecule has 2 nitrogen and oxygen atoms in total. The molecule has 3 heteroatoms. The van der Waals surface area contributed by atoms with Crippen LogP contribution in [0.15, 0.2) is 194 Å². The quantitative estimate of drug-likeness (QED) is 0.170. The second kappa shape index (κ2) is 12.5. The Balaban J connectivity index is 0.993. The van der Waals surface area contributed by atoms with Crippen molar-refractivity contribution in [2.45, 2.75) is 19.3 Å². The highest BCUT2D eigenvalue weighted by atomic mass is 32.1. The number of hydrogen-bond acceptors (Lipinski definition) is 2. The van der Waals surface area contributed by atoms with E-state index >= 15 is 0 Å². The average molecular weight is 759 g/mol. The van der Waals surface area contributed by atoms with E-state index in [2.05, 4.69) is 217 Å². The summed E-state index contributed by atoms with van der Waals surface area (Å²) in [7, 11) is 0. The Bertz CT molecular complexity index is 3430. The molecule has 1 aliphatic carbocycles.